The van der Waals surface area contributed by atoms with Crippen LogP contribution in [0.15, 0.2) is 72.8 Å². The Labute approximate surface area is 265 Å². The van der Waals surface area contributed by atoms with Crippen molar-refractivity contribution in [3.05, 3.63) is 95.6 Å². The Hall–Kier alpha value is -4.84. The molecule has 1 aliphatic heterocycles. The molecule has 4 N–H and O–H groups in total. The number of benzene rings is 3. The van der Waals surface area contributed by atoms with Crippen LogP contribution in [0.2, 0.25) is 0 Å². The fraction of sp³-hybridized carbons (Fsp3) is 0.353. The minimum absolute atomic E-state index is 0.180. The zero-order valence-corrected chi connectivity index (χ0v) is 25.7. The van der Waals surface area contributed by atoms with Gasteiger partial charge in [-0.25, -0.2) is 13.6 Å². The highest BCUT2D eigenvalue weighted by Gasteiger charge is 2.48. The number of nitrogens with zero attached hydrogens (tertiary/aromatic N) is 1. The maximum Gasteiger partial charge on any atom is 0.326 e. The summed E-state index contributed by atoms with van der Waals surface area (Å²) in [5.41, 5.74) is 1.09. The van der Waals surface area contributed by atoms with E-state index in [4.69, 9.17) is 4.74 Å². The summed E-state index contributed by atoms with van der Waals surface area (Å²) in [5, 5.41) is 24.8. The Kier molecular flexibility index (Phi) is 10.7. The number of rotatable bonds is 13. The molecular weight excluding hydrogens is 600 g/mol. The van der Waals surface area contributed by atoms with Crippen molar-refractivity contribution in [2.24, 2.45) is 11.3 Å². The molecule has 1 aliphatic rings. The lowest BCUT2D eigenvalue weighted by atomic mass is 9.78. The molecule has 3 aromatic rings. The molecule has 3 amide bonds. The molecule has 12 heteroatoms. The molecule has 0 spiro atoms. The Balaban J connectivity index is 1.37. The monoisotopic (exact) mass is 637 g/mol. The molecule has 0 aliphatic carbocycles. The van der Waals surface area contributed by atoms with E-state index in [1.165, 1.54) is 48.5 Å². The van der Waals surface area contributed by atoms with Crippen molar-refractivity contribution in [1.29, 1.82) is 0 Å². The molecule has 0 radical (unpaired) electrons. The first-order valence-electron chi connectivity index (χ1n) is 14.8. The van der Waals surface area contributed by atoms with Gasteiger partial charge in [0.1, 0.15) is 23.4 Å². The van der Waals surface area contributed by atoms with Gasteiger partial charge >= 0.3 is 5.97 Å². The van der Waals surface area contributed by atoms with Crippen LogP contribution in [0.5, 0.6) is 5.75 Å². The third kappa shape index (κ3) is 8.45. The van der Waals surface area contributed by atoms with Crippen molar-refractivity contribution in [2.75, 3.05) is 18.1 Å². The Bertz CT molecular complexity index is 1540. The average Bonchev–Trinajstić information content (AvgIpc) is 3.01. The topological polar surface area (TPSA) is 145 Å². The number of carboxylic acid groups (broad SMARTS) is 1. The van der Waals surface area contributed by atoms with Crippen LogP contribution in [-0.4, -0.2) is 53.1 Å². The number of ether oxygens (including phenoxy) is 1. The number of aliphatic hydroxyl groups is 1. The number of β-lactam (4-membered cyclic amide) rings is 1. The first kappa shape index (κ1) is 34.0. The number of carboxylic acids is 1. The highest BCUT2D eigenvalue weighted by atomic mass is 19.1. The molecule has 0 unspecified atom stereocenters. The van der Waals surface area contributed by atoms with Crippen LogP contribution < -0.4 is 20.3 Å². The second-order valence-corrected chi connectivity index (χ2v) is 12.2. The summed E-state index contributed by atoms with van der Waals surface area (Å²) in [7, 11) is 0. The van der Waals surface area contributed by atoms with Crippen molar-refractivity contribution in [1.82, 2.24) is 10.6 Å². The number of aliphatic hydroxyl groups excluding tert-OH is 1. The van der Waals surface area contributed by atoms with Gasteiger partial charge in [-0.3, -0.25) is 14.4 Å². The van der Waals surface area contributed by atoms with E-state index in [1.54, 1.807) is 49.9 Å². The molecule has 4 rings (SSSR count). The van der Waals surface area contributed by atoms with Crippen molar-refractivity contribution in [3.63, 3.8) is 0 Å². The number of anilines is 1. The Morgan fingerprint density at radius 3 is 2.07 bits per heavy atom. The molecule has 0 saturated carbocycles. The lowest BCUT2D eigenvalue weighted by Gasteiger charge is -2.48. The van der Waals surface area contributed by atoms with Crippen molar-refractivity contribution < 1.29 is 42.9 Å². The van der Waals surface area contributed by atoms with Crippen LogP contribution in [0.4, 0.5) is 14.5 Å². The number of carbonyl (C=O) groups is 4. The van der Waals surface area contributed by atoms with Crippen LogP contribution in [-0.2, 0) is 19.2 Å². The van der Waals surface area contributed by atoms with Crippen molar-refractivity contribution >= 4 is 29.4 Å². The third-order valence-electron chi connectivity index (χ3n) is 7.78. The minimum atomic E-state index is -1.18. The van der Waals surface area contributed by atoms with E-state index >= 15 is 0 Å². The molecule has 10 nitrogen and oxygen atoms in total. The Morgan fingerprint density at radius 1 is 0.913 bits per heavy atom. The lowest BCUT2D eigenvalue weighted by Crippen LogP contribution is -2.55. The summed E-state index contributed by atoms with van der Waals surface area (Å²) in [6, 6.07) is 16.3. The maximum absolute atomic E-state index is 13.6. The number of aliphatic carboxylic acids is 1. The number of carbonyl (C=O) groups excluding carboxylic acids is 3. The SMILES string of the molecule is CC(C)(C)[C@@H](NC(=O)CNC(=O)COc1ccc([C@@H]2[C@@H](CC[C@H](O)c3ccc(F)cc3)C(=O)N2c2ccc(F)cc2)cc1)C(=O)O. The van der Waals surface area contributed by atoms with E-state index in [9.17, 15) is 38.2 Å². The first-order valence-corrected chi connectivity index (χ1v) is 14.8. The van der Waals surface area contributed by atoms with E-state index in [2.05, 4.69) is 10.6 Å². The number of halogens is 2. The molecule has 1 heterocycles. The van der Waals surface area contributed by atoms with Gasteiger partial charge in [0.15, 0.2) is 6.61 Å². The number of hydrogen-bond acceptors (Lipinski definition) is 6. The largest absolute Gasteiger partial charge is 0.484 e. The first-order chi connectivity index (χ1) is 21.7. The van der Waals surface area contributed by atoms with Crippen molar-refractivity contribution in [3.8, 4) is 5.75 Å². The predicted octanol–water partition coefficient (Wildman–Crippen LogP) is 4.29. The quantitative estimate of drug-likeness (QED) is 0.205. The van der Waals surface area contributed by atoms with Gasteiger partial charge in [0.25, 0.3) is 5.91 Å². The normalized spacial score (nSPS) is 17.4. The van der Waals surface area contributed by atoms with Crippen LogP contribution >= 0.6 is 0 Å². The third-order valence-corrected chi connectivity index (χ3v) is 7.78. The van der Waals surface area contributed by atoms with Crippen LogP contribution in [0.25, 0.3) is 0 Å². The van der Waals surface area contributed by atoms with Gasteiger partial charge in [0, 0.05) is 5.69 Å². The molecular formula is C34H37F2N3O7. The number of hydrogen-bond donors (Lipinski definition) is 4. The van der Waals surface area contributed by atoms with Gasteiger partial charge in [-0.05, 0) is 77.9 Å². The van der Waals surface area contributed by atoms with Gasteiger partial charge in [0.05, 0.1) is 24.6 Å². The summed E-state index contributed by atoms with van der Waals surface area (Å²) in [6.45, 7) is 4.20. The summed E-state index contributed by atoms with van der Waals surface area (Å²) in [6.07, 6.45) is -0.287. The number of amides is 3. The predicted molar refractivity (Wildman–Crippen MR) is 165 cm³/mol. The van der Waals surface area contributed by atoms with E-state index < -0.39 is 72.1 Å². The zero-order chi connectivity index (χ0) is 33.6. The average molecular weight is 638 g/mol. The second kappa shape index (κ2) is 14.5. The summed E-state index contributed by atoms with van der Waals surface area (Å²) < 4.78 is 32.5. The smallest absolute Gasteiger partial charge is 0.326 e. The minimum Gasteiger partial charge on any atom is -0.484 e. The molecule has 244 valence electrons. The van der Waals surface area contributed by atoms with Crippen LogP contribution in [0, 0.1) is 23.0 Å². The second-order valence-electron chi connectivity index (χ2n) is 12.2. The lowest BCUT2D eigenvalue weighted by molar-refractivity contribution is -0.144. The van der Waals surface area contributed by atoms with Gasteiger partial charge < -0.3 is 30.5 Å². The standard InChI is InChI=1S/C34H37F2N3O7/c1-34(2,3)31(33(44)45)38-28(41)18-37-29(42)19-46-25-14-6-21(7-15-25)30-26(16-17-27(40)20-4-8-22(35)9-5-20)32(43)39(30)24-12-10-23(36)11-13-24/h4-15,26-27,30-31,40H,16-19H2,1-3H3,(H,37,42)(H,38,41)(H,44,45)/t26-,27+,30-,31+/m1/s1. The fourth-order valence-corrected chi connectivity index (χ4v) is 5.29. The molecule has 1 saturated heterocycles. The number of nitrogens with one attached hydrogen (secondary N) is 2. The zero-order valence-electron chi connectivity index (χ0n) is 25.7. The molecule has 0 aromatic heterocycles. The Morgan fingerprint density at radius 2 is 1.50 bits per heavy atom. The fourth-order valence-electron chi connectivity index (χ4n) is 5.29. The highest BCUT2D eigenvalue weighted by Crippen LogP contribution is 2.46. The van der Waals surface area contributed by atoms with E-state index in [0.717, 1.165) is 5.56 Å². The molecule has 46 heavy (non-hydrogen) atoms. The van der Waals surface area contributed by atoms with Gasteiger partial charge in [-0.15, -0.1) is 0 Å². The van der Waals surface area contributed by atoms with Crippen LogP contribution in [0.3, 0.4) is 0 Å². The van der Waals surface area contributed by atoms with Gasteiger partial charge in [-0.1, -0.05) is 45.0 Å². The summed E-state index contributed by atoms with van der Waals surface area (Å²) in [5.74, 6) is -3.59. The molecule has 3 aromatic carbocycles. The summed E-state index contributed by atoms with van der Waals surface area (Å²) >= 11 is 0. The van der Waals surface area contributed by atoms with E-state index in [1.807, 2.05) is 0 Å². The molecule has 4 atom stereocenters. The van der Waals surface area contributed by atoms with Crippen molar-refractivity contribution in [2.45, 2.75) is 51.8 Å². The summed E-state index contributed by atoms with van der Waals surface area (Å²) in [4.78, 5) is 50.8. The molecule has 0 bridgehead atoms. The maximum atomic E-state index is 13.6. The van der Waals surface area contributed by atoms with E-state index in [0.29, 0.717) is 23.4 Å². The van der Waals surface area contributed by atoms with Gasteiger partial charge in [0.2, 0.25) is 11.8 Å². The van der Waals surface area contributed by atoms with Crippen LogP contribution in [0.1, 0.15) is 56.9 Å². The molecule has 1 fully saturated rings. The van der Waals surface area contributed by atoms with E-state index in [-0.39, 0.29) is 12.3 Å². The van der Waals surface area contributed by atoms with Gasteiger partial charge in [-0.2, -0.15) is 0 Å². The highest BCUT2D eigenvalue weighted by molar-refractivity contribution is 6.03.